The van der Waals surface area contributed by atoms with Gasteiger partial charge in [0.2, 0.25) is 0 Å². The quantitative estimate of drug-likeness (QED) is 0.516. The fraction of sp³-hybridized carbons (Fsp3) is 0.111. The van der Waals surface area contributed by atoms with Gasteiger partial charge in [0.1, 0.15) is 12.1 Å². The molecule has 4 rings (SSSR count). The highest BCUT2D eigenvalue weighted by Crippen LogP contribution is 2.34. The van der Waals surface area contributed by atoms with E-state index in [1.54, 1.807) is 11.3 Å². The molecule has 3 aromatic heterocycles. The van der Waals surface area contributed by atoms with E-state index in [2.05, 4.69) is 59.7 Å². The van der Waals surface area contributed by atoms with Crippen molar-refractivity contribution in [2.45, 2.75) is 0 Å². The Morgan fingerprint density at radius 3 is 2.86 bits per heavy atom. The van der Waals surface area contributed by atoms with Crippen LogP contribution >= 0.6 is 11.3 Å². The van der Waals surface area contributed by atoms with E-state index in [1.165, 1.54) is 16.5 Å². The number of nitrogens with zero attached hydrogens (tertiary/aromatic N) is 3. The van der Waals surface area contributed by atoms with Gasteiger partial charge in [0.25, 0.3) is 0 Å². The molecule has 0 saturated heterocycles. The third kappa shape index (κ3) is 2.12. The maximum Gasteiger partial charge on any atom is 0.178 e. The van der Waals surface area contributed by atoms with Crippen LogP contribution in [0.4, 0.5) is 0 Å². The highest BCUT2D eigenvalue weighted by molar-refractivity contribution is 7.13. The first-order chi connectivity index (χ1) is 10.7. The van der Waals surface area contributed by atoms with Crippen molar-refractivity contribution in [1.82, 2.24) is 9.55 Å². The molecule has 0 radical (unpaired) electrons. The lowest BCUT2D eigenvalue weighted by Crippen LogP contribution is -2.26. The molecule has 0 amide bonds. The van der Waals surface area contributed by atoms with Crippen molar-refractivity contribution in [3.8, 4) is 21.8 Å². The zero-order valence-electron chi connectivity index (χ0n) is 12.5. The van der Waals surface area contributed by atoms with Crippen LogP contribution in [0.15, 0.2) is 60.4 Å². The summed E-state index contributed by atoms with van der Waals surface area (Å²) < 4.78 is 4.21. The van der Waals surface area contributed by atoms with Crippen LogP contribution in [-0.2, 0) is 14.1 Å². The Morgan fingerprint density at radius 1 is 1.14 bits per heavy atom. The molecule has 0 atom stereocenters. The molecule has 0 aliphatic rings. The Kier molecular flexibility index (Phi) is 3.05. The van der Waals surface area contributed by atoms with E-state index >= 15 is 0 Å². The predicted octanol–water partition coefficient (Wildman–Crippen LogP) is 3.79. The molecule has 4 heteroatoms. The molecule has 0 fully saturated rings. The number of aromatic nitrogens is 3. The summed E-state index contributed by atoms with van der Waals surface area (Å²) in [6.45, 7) is 0. The number of aryl methyl sites for hydroxylation is 2. The van der Waals surface area contributed by atoms with Gasteiger partial charge >= 0.3 is 0 Å². The van der Waals surface area contributed by atoms with Gasteiger partial charge < -0.3 is 4.57 Å². The number of pyridine rings is 1. The predicted molar refractivity (Wildman–Crippen MR) is 90.6 cm³/mol. The zero-order valence-corrected chi connectivity index (χ0v) is 13.3. The lowest BCUT2D eigenvalue weighted by Gasteiger charge is -1.95. The van der Waals surface area contributed by atoms with Gasteiger partial charge in [-0.05, 0) is 12.1 Å². The Hall–Kier alpha value is -2.46. The Morgan fingerprint density at radius 2 is 2.00 bits per heavy atom. The van der Waals surface area contributed by atoms with Crippen LogP contribution in [0.5, 0.6) is 0 Å². The van der Waals surface area contributed by atoms with Gasteiger partial charge in [-0.15, -0.1) is 11.3 Å². The van der Waals surface area contributed by atoms with E-state index in [9.17, 15) is 0 Å². The number of thiazole rings is 1. The summed E-state index contributed by atoms with van der Waals surface area (Å²) in [5.74, 6) is 0. The Balaban J connectivity index is 1.84. The van der Waals surface area contributed by atoms with Gasteiger partial charge in [-0.2, -0.15) is 0 Å². The smallest absolute Gasteiger partial charge is 0.178 e. The lowest BCUT2D eigenvalue weighted by atomic mass is 10.2. The zero-order chi connectivity index (χ0) is 15.1. The van der Waals surface area contributed by atoms with Crippen molar-refractivity contribution in [3.63, 3.8) is 0 Å². The molecule has 0 saturated carbocycles. The fourth-order valence-corrected chi connectivity index (χ4v) is 3.63. The minimum absolute atomic E-state index is 1.03. The van der Waals surface area contributed by atoms with Crippen LogP contribution in [-0.4, -0.2) is 9.55 Å². The van der Waals surface area contributed by atoms with Crippen molar-refractivity contribution >= 4 is 22.2 Å². The molecular formula is C18H16N3S+. The second-order valence-corrected chi connectivity index (χ2v) is 6.32. The van der Waals surface area contributed by atoms with E-state index < -0.39 is 0 Å². The SMILES string of the molecule is Cn1cc(-c2nc(-c3ccc[n+](C)c3)cs2)c2ccccc21. The fourth-order valence-electron chi connectivity index (χ4n) is 2.78. The molecule has 22 heavy (non-hydrogen) atoms. The molecule has 0 bridgehead atoms. The Bertz CT molecular complexity index is 965. The monoisotopic (exact) mass is 306 g/mol. The number of fused-ring (bicyclic) bond motifs is 1. The number of hydrogen-bond acceptors (Lipinski definition) is 2. The maximum absolute atomic E-state index is 4.85. The van der Waals surface area contributed by atoms with Crippen LogP contribution < -0.4 is 4.57 Å². The molecule has 0 N–H and O–H groups in total. The van der Waals surface area contributed by atoms with Gasteiger partial charge in [-0.3, -0.25) is 0 Å². The number of benzene rings is 1. The van der Waals surface area contributed by atoms with Crippen LogP contribution in [0.1, 0.15) is 0 Å². The third-order valence-electron chi connectivity index (χ3n) is 3.87. The van der Waals surface area contributed by atoms with E-state index in [1.807, 2.05) is 23.9 Å². The number of hydrogen-bond donors (Lipinski definition) is 0. The van der Waals surface area contributed by atoms with Gasteiger partial charge in [0, 0.05) is 41.2 Å². The summed E-state index contributed by atoms with van der Waals surface area (Å²) in [6.07, 6.45) is 6.29. The average molecular weight is 306 g/mol. The van der Waals surface area contributed by atoms with Crippen LogP contribution in [0, 0.1) is 0 Å². The van der Waals surface area contributed by atoms with Crippen molar-refractivity contribution in [2.24, 2.45) is 14.1 Å². The van der Waals surface area contributed by atoms with Crippen molar-refractivity contribution in [3.05, 3.63) is 60.4 Å². The second kappa shape index (κ2) is 5.07. The van der Waals surface area contributed by atoms with E-state index in [0.29, 0.717) is 0 Å². The summed E-state index contributed by atoms with van der Waals surface area (Å²) in [7, 11) is 4.11. The number of rotatable bonds is 2. The van der Waals surface area contributed by atoms with E-state index in [0.717, 1.165) is 16.3 Å². The minimum atomic E-state index is 1.03. The highest BCUT2D eigenvalue weighted by atomic mass is 32.1. The first kappa shape index (κ1) is 13.2. The van der Waals surface area contributed by atoms with Crippen LogP contribution in [0.2, 0.25) is 0 Å². The molecule has 0 aliphatic carbocycles. The molecule has 4 aromatic rings. The summed E-state index contributed by atoms with van der Waals surface area (Å²) in [6, 6.07) is 12.6. The first-order valence-electron chi connectivity index (χ1n) is 7.18. The van der Waals surface area contributed by atoms with E-state index in [-0.39, 0.29) is 0 Å². The van der Waals surface area contributed by atoms with Gasteiger partial charge in [0.05, 0.1) is 11.3 Å². The summed E-state index contributed by atoms with van der Waals surface area (Å²) >= 11 is 1.70. The second-order valence-electron chi connectivity index (χ2n) is 5.47. The summed E-state index contributed by atoms with van der Waals surface area (Å²) in [5, 5.41) is 4.45. The third-order valence-corrected chi connectivity index (χ3v) is 4.74. The van der Waals surface area contributed by atoms with Crippen molar-refractivity contribution in [1.29, 1.82) is 0 Å². The highest BCUT2D eigenvalue weighted by Gasteiger charge is 2.13. The van der Waals surface area contributed by atoms with Crippen LogP contribution in [0.25, 0.3) is 32.7 Å². The van der Waals surface area contributed by atoms with E-state index in [4.69, 9.17) is 4.98 Å². The first-order valence-corrected chi connectivity index (χ1v) is 8.06. The summed E-state index contributed by atoms with van der Waals surface area (Å²) in [4.78, 5) is 4.85. The summed E-state index contributed by atoms with van der Waals surface area (Å²) in [5.41, 5.74) is 4.62. The Labute approximate surface area is 133 Å². The minimum Gasteiger partial charge on any atom is -0.350 e. The molecule has 3 nitrogen and oxygen atoms in total. The molecule has 1 aromatic carbocycles. The molecule has 0 unspecified atom stereocenters. The maximum atomic E-state index is 4.85. The van der Waals surface area contributed by atoms with Gasteiger partial charge in [-0.25, -0.2) is 9.55 Å². The van der Waals surface area contributed by atoms with Gasteiger partial charge in [0.15, 0.2) is 12.4 Å². The molecule has 3 heterocycles. The van der Waals surface area contributed by atoms with Crippen LogP contribution in [0.3, 0.4) is 0 Å². The number of para-hydroxylation sites is 1. The van der Waals surface area contributed by atoms with Gasteiger partial charge in [-0.1, -0.05) is 18.2 Å². The molecule has 108 valence electrons. The standard InChI is InChI=1S/C18H16N3S/c1-20-9-5-6-13(10-20)16-12-22-18(19-16)15-11-21(2)17-8-4-3-7-14(15)17/h3-12H,1-2H3/q+1. The van der Waals surface area contributed by atoms with Crippen molar-refractivity contribution < 1.29 is 4.57 Å². The molecule has 0 spiro atoms. The normalized spacial score (nSPS) is 11.2. The average Bonchev–Trinajstić information content (AvgIpc) is 3.13. The van der Waals surface area contributed by atoms with Crippen molar-refractivity contribution in [2.75, 3.05) is 0 Å². The largest absolute Gasteiger partial charge is 0.350 e. The molecular weight excluding hydrogens is 290 g/mol. The topological polar surface area (TPSA) is 21.7 Å². The lowest BCUT2D eigenvalue weighted by molar-refractivity contribution is -0.671. The molecule has 0 aliphatic heterocycles.